The van der Waals surface area contributed by atoms with E-state index < -0.39 is 17.7 Å². The number of fused-ring (bicyclic) bond motifs is 1. The summed E-state index contributed by atoms with van der Waals surface area (Å²) in [6.45, 7) is 1.73. The summed E-state index contributed by atoms with van der Waals surface area (Å²) in [5.41, 5.74) is -0.424. The third-order valence-electron chi connectivity index (χ3n) is 2.20. The molecule has 84 valence electrons. The van der Waals surface area contributed by atoms with Gasteiger partial charge in [-0.2, -0.15) is 13.2 Å². The average Bonchev–Trinajstić information content (AvgIpc) is 2.17. The van der Waals surface area contributed by atoms with Gasteiger partial charge in [-0.05, 0) is 19.1 Å². The molecule has 0 N–H and O–H groups in total. The quantitative estimate of drug-likeness (QED) is 0.627. The molecule has 0 aliphatic heterocycles. The number of pyridine rings is 1. The van der Waals surface area contributed by atoms with Gasteiger partial charge in [0.05, 0.1) is 5.52 Å². The van der Waals surface area contributed by atoms with Gasteiger partial charge in [-0.3, -0.25) is 0 Å². The zero-order valence-corrected chi connectivity index (χ0v) is 8.27. The van der Waals surface area contributed by atoms with Crippen molar-refractivity contribution in [2.45, 2.75) is 13.1 Å². The van der Waals surface area contributed by atoms with Crippen LogP contribution in [0.15, 0.2) is 24.3 Å². The molecule has 0 unspecified atom stereocenters. The lowest BCUT2D eigenvalue weighted by Crippen LogP contribution is -2.08. The summed E-state index contributed by atoms with van der Waals surface area (Å²) in [6.07, 6.45) is -4.63. The van der Waals surface area contributed by atoms with Crippen LogP contribution in [0, 0.1) is 12.7 Å². The highest BCUT2D eigenvalue weighted by Crippen LogP contribution is 2.30. The van der Waals surface area contributed by atoms with E-state index in [4.69, 9.17) is 0 Å². The molecule has 0 radical (unpaired) electrons. The van der Waals surface area contributed by atoms with Gasteiger partial charge in [0.1, 0.15) is 11.5 Å². The number of halogens is 4. The first-order valence-corrected chi connectivity index (χ1v) is 4.52. The van der Waals surface area contributed by atoms with Gasteiger partial charge in [0.2, 0.25) is 0 Å². The summed E-state index contributed by atoms with van der Waals surface area (Å²) in [7, 11) is 0. The van der Waals surface area contributed by atoms with E-state index in [1.165, 1.54) is 12.1 Å². The first-order valence-electron chi connectivity index (χ1n) is 4.52. The standard InChI is InChI=1S/C11H7F4N/c1-6-2-3-9-7(4-6)8(12)5-10(16-9)11(13,14)15/h2-5H,1H3. The fraction of sp³-hybridized carbons (Fsp3) is 0.182. The lowest BCUT2D eigenvalue weighted by Gasteiger charge is -2.08. The number of rotatable bonds is 0. The normalized spacial score (nSPS) is 12.1. The van der Waals surface area contributed by atoms with Crippen LogP contribution in [0.1, 0.15) is 11.3 Å². The molecule has 0 aliphatic rings. The van der Waals surface area contributed by atoms with E-state index in [0.717, 1.165) is 5.56 Å². The minimum absolute atomic E-state index is 0.0120. The Balaban J connectivity index is 2.74. The zero-order valence-electron chi connectivity index (χ0n) is 8.27. The van der Waals surface area contributed by atoms with Crippen molar-refractivity contribution in [1.82, 2.24) is 4.98 Å². The van der Waals surface area contributed by atoms with E-state index in [2.05, 4.69) is 4.98 Å². The molecule has 0 aliphatic carbocycles. The maximum atomic E-state index is 13.4. The predicted molar refractivity (Wildman–Crippen MR) is 51.4 cm³/mol. The SMILES string of the molecule is Cc1ccc2nc(C(F)(F)F)cc(F)c2c1. The Morgan fingerprint density at radius 3 is 2.44 bits per heavy atom. The zero-order chi connectivity index (χ0) is 11.9. The number of hydrogen-bond donors (Lipinski definition) is 0. The minimum atomic E-state index is -4.63. The van der Waals surface area contributed by atoms with E-state index >= 15 is 0 Å². The predicted octanol–water partition coefficient (Wildman–Crippen LogP) is 3.70. The second-order valence-corrected chi connectivity index (χ2v) is 3.51. The molecule has 2 aromatic rings. The highest BCUT2D eigenvalue weighted by atomic mass is 19.4. The number of aryl methyl sites for hydroxylation is 1. The van der Waals surface area contributed by atoms with Gasteiger partial charge in [-0.15, -0.1) is 0 Å². The Hall–Kier alpha value is -1.65. The molecule has 1 heterocycles. The van der Waals surface area contributed by atoms with Crippen LogP contribution in [0.5, 0.6) is 0 Å². The molecule has 1 aromatic carbocycles. The molecule has 0 atom stereocenters. The van der Waals surface area contributed by atoms with E-state index in [0.29, 0.717) is 6.07 Å². The Kier molecular flexibility index (Phi) is 2.33. The summed E-state index contributed by atoms with van der Waals surface area (Å²) < 4.78 is 50.5. The lowest BCUT2D eigenvalue weighted by atomic mass is 10.1. The topological polar surface area (TPSA) is 12.9 Å². The maximum absolute atomic E-state index is 13.4. The first kappa shape index (κ1) is 10.9. The molecule has 5 heteroatoms. The van der Waals surface area contributed by atoms with Crippen molar-refractivity contribution in [3.63, 3.8) is 0 Å². The molecule has 0 amide bonds. The molecule has 0 bridgehead atoms. The van der Waals surface area contributed by atoms with Crippen molar-refractivity contribution < 1.29 is 17.6 Å². The second kappa shape index (κ2) is 3.43. The summed E-state index contributed by atoms with van der Waals surface area (Å²) in [5.74, 6) is -0.902. The van der Waals surface area contributed by atoms with E-state index in [1.54, 1.807) is 13.0 Å². The molecule has 0 saturated carbocycles. The van der Waals surface area contributed by atoms with Crippen molar-refractivity contribution in [1.29, 1.82) is 0 Å². The van der Waals surface area contributed by atoms with Crippen molar-refractivity contribution in [3.05, 3.63) is 41.3 Å². The number of alkyl halides is 3. The molecule has 1 aromatic heterocycles. The molecule has 0 fully saturated rings. The number of benzene rings is 1. The van der Waals surface area contributed by atoms with Crippen LogP contribution in [0.25, 0.3) is 10.9 Å². The number of nitrogens with zero attached hydrogens (tertiary/aromatic N) is 1. The Morgan fingerprint density at radius 1 is 1.12 bits per heavy atom. The van der Waals surface area contributed by atoms with Crippen molar-refractivity contribution in [2.24, 2.45) is 0 Å². The average molecular weight is 229 g/mol. The Bertz CT molecular complexity index is 545. The minimum Gasteiger partial charge on any atom is -0.243 e. The molecular weight excluding hydrogens is 222 g/mol. The monoisotopic (exact) mass is 229 g/mol. The third-order valence-corrected chi connectivity index (χ3v) is 2.20. The molecule has 2 rings (SSSR count). The van der Waals surface area contributed by atoms with Crippen LogP contribution < -0.4 is 0 Å². The van der Waals surface area contributed by atoms with Gasteiger partial charge in [0, 0.05) is 11.5 Å². The van der Waals surface area contributed by atoms with Crippen LogP contribution in [0.3, 0.4) is 0 Å². The van der Waals surface area contributed by atoms with Crippen LogP contribution >= 0.6 is 0 Å². The largest absolute Gasteiger partial charge is 0.433 e. The number of hydrogen-bond acceptors (Lipinski definition) is 1. The van der Waals surface area contributed by atoms with Gasteiger partial charge in [-0.1, -0.05) is 11.6 Å². The van der Waals surface area contributed by atoms with Crippen molar-refractivity contribution in [2.75, 3.05) is 0 Å². The van der Waals surface area contributed by atoms with E-state index in [-0.39, 0.29) is 10.9 Å². The van der Waals surface area contributed by atoms with Crippen molar-refractivity contribution in [3.8, 4) is 0 Å². The molecular formula is C11H7F4N. The first-order chi connectivity index (χ1) is 7.38. The van der Waals surface area contributed by atoms with E-state index in [1.807, 2.05) is 0 Å². The molecule has 16 heavy (non-hydrogen) atoms. The Morgan fingerprint density at radius 2 is 1.81 bits per heavy atom. The summed E-state index contributed by atoms with van der Waals surface area (Å²) in [6, 6.07) is 4.86. The van der Waals surface area contributed by atoms with Crippen molar-refractivity contribution >= 4 is 10.9 Å². The van der Waals surface area contributed by atoms with Crippen LogP contribution in [-0.2, 0) is 6.18 Å². The van der Waals surface area contributed by atoms with Crippen LogP contribution in [0.2, 0.25) is 0 Å². The van der Waals surface area contributed by atoms with Gasteiger partial charge < -0.3 is 0 Å². The fourth-order valence-electron chi connectivity index (χ4n) is 1.44. The third kappa shape index (κ3) is 1.85. The molecule has 0 saturated heterocycles. The van der Waals surface area contributed by atoms with Crippen LogP contribution in [-0.4, -0.2) is 4.98 Å². The maximum Gasteiger partial charge on any atom is 0.433 e. The molecule has 1 nitrogen and oxygen atoms in total. The number of aromatic nitrogens is 1. The van der Waals surface area contributed by atoms with Gasteiger partial charge in [0.15, 0.2) is 0 Å². The highest BCUT2D eigenvalue weighted by Gasteiger charge is 2.33. The summed E-state index contributed by atoms with van der Waals surface area (Å²) >= 11 is 0. The van der Waals surface area contributed by atoms with E-state index in [9.17, 15) is 17.6 Å². The van der Waals surface area contributed by atoms with Gasteiger partial charge in [-0.25, -0.2) is 9.37 Å². The van der Waals surface area contributed by atoms with Gasteiger partial charge in [0.25, 0.3) is 0 Å². The summed E-state index contributed by atoms with van der Waals surface area (Å²) in [4.78, 5) is 3.38. The second-order valence-electron chi connectivity index (χ2n) is 3.51. The highest BCUT2D eigenvalue weighted by molar-refractivity contribution is 5.80. The van der Waals surface area contributed by atoms with Gasteiger partial charge >= 0.3 is 6.18 Å². The Labute approximate surface area is 88.7 Å². The summed E-state index contributed by atoms with van der Waals surface area (Å²) in [5, 5.41) is 0.105. The lowest BCUT2D eigenvalue weighted by molar-refractivity contribution is -0.141. The van der Waals surface area contributed by atoms with Crippen LogP contribution in [0.4, 0.5) is 17.6 Å². The smallest absolute Gasteiger partial charge is 0.243 e. The molecule has 0 spiro atoms. The fourth-order valence-corrected chi connectivity index (χ4v) is 1.44.